The van der Waals surface area contributed by atoms with Gasteiger partial charge in [-0.1, -0.05) is 41.4 Å². The molecule has 0 bridgehead atoms. The number of hydrogen-bond acceptors (Lipinski definition) is 4. The smallest absolute Gasteiger partial charge is 0.338 e. The molecule has 0 atom stereocenters. The average molecular weight is 466 g/mol. The van der Waals surface area contributed by atoms with E-state index in [2.05, 4.69) is 9.97 Å². The number of aryl methyl sites for hydroxylation is 1. The maximum atomic E-state index is 13.3. The zero-order chi connectivity index (χ0) is 22.5. The van der Waals surface area contributed by atoms with Gasteiger partial charge in [0.2, 0.25) is 0 Å². The fourth-order valence-corrected chi connectivity index (χ4v) is 3.40. The predicted octanol–water partition coefficient (Wildman–Crippen LogP) is 5.04. The van der Waals surface area contributed by atoms with Crippen LogP contribution in [0.4, 0.5) is 14.5 Å². The summed E-state index contributed by atoms with van der Waals surface area (Å²) in [4.78, 5) is 31.5. The second kappa shape index (κ2) is 9.80. The first-order valence-electron chi connectivity index (χ1n) is 9.03. The van der Waals surface area contributed by atoms with Gasteiger partial charge in [-0.25, -0.2) is 23.5 Å². The van der Waals surface area contributed by atoms with Crippen molar-refractivity contribution < 1.29 is 23.5 Å². The number of carbonyl (C=O) groups excluding carboxylic acids is 1. The Kier molecular flexibility index (Phi) is 7.14. The van der Waals surface area contributed by atoms with Crippen molar-refractivity contribution in [1.29, 1.82) is 0 Å². The van der Waals surface area contributed by atoms with Crippen LogP contribution in [0.1, 0.15) is 32.7 Å². The minimum absolute atomic E-state index is 0.0273. The summed E-state index contributed by atoms with van der Waals surface area (Å²) in [6, 6.07) is 9.68. The number of para-hydroxylation sites is 1. The number of fused-ring (bicyclic) bond motifs is 1. The molecule has 0 saturated carbocycles. The lowest BCUT2D eigenvalue weighted by atomic mass is 10.0. The minimum Gasteiger partial charge on any atom is -0.478 e. The molecule has 1 aliphatic rings. The molecule has 0 aliphatic carbocycles. The van der Waals surface area contributed by atoms with E-state index in [-0.39, 0.29) is 27.3 Å². The number of carbonyl (C=O) groups is 2. The van der Waals surface area contributed by atoms with Crippen molar-refractivity contribution in [2.24, 2.45) is 0 Å². The molecule has 0 spiro atoms. The molecule has 160 valence electrons. The molecule has 0 unspecified atom stereocenters. The van der Waals surface area contributed by atoms with Crippen LogP contribution in [0.15, 0.2) is 48.8 Å². The van der Waals surface area contributed by atoms with Gasteiger partial charge in [-0.3, -0.25) is 4.79 Å². The number of benzene rings is 1. The van der Waals surface area contributed by atoms with E-state index in [4.69, 9.17) is 28.3 Å². The lowest BCUT2D eigenvalue weighted by Gasteiger charge is -2.29. The molecular formula is C21H15Cl2F2N3O3. The van der Waals surface area contributed by atoms with Gasteiger partial charge in [-0.15, -0.1) is 0 Å². The second-order valence-corrected chi connectivity index (χ2v) is 7.19. The lowest BCUT2D eigenvalue weighted by Crippen LogP contribution is -2.35. The topological polar surface area (TPSA) is 83.4 Å². The number of hydrogen-bond donors (Lipinski definition) is 1. The van der Waals surface area contributed by atoms with Gasteiger partial charge in [-0.2, -0.15) is 0 Å². The first kappa shape index (κ1) is 22.6. The Labute approximate surface area is 186 Å². The number of nitrogens with zero attached hydrogens (tertiary/aromatic N) is 3. The quantitative estimate of drug-likeness (QED) is 0.536. The largest absolute Gasteiger partial charge is 0.478 e. The zero-order valence-corrected chi connectivity index (χ0v) is 17.4. The van der Waals surface area contributed by atoms with Gasteiger partial charge in [0.15, 0.2) is 0 Å². The molecule has 1 aromatic carbocycles. The monoisotopic (exact) mass is 465 g/mol. The van der Waals surface area contributed by atoms with Crippen LogP contribution in [0.2, 0.25) is 10.3 Å². The van der Waals surface area contributed by atoms with Gasteiger partial charge in [0.05, 0.1) is 23.5 Å². The third-order valence-corrected chi connectivity index (χ3v) is 5.03. The van der Waals surface area contributed by atoms with Crippen LogP contribution >= 0.6 is 23.2 Å². The van der Waals surface area contributed by atoms with Crippen LogP contribution in [-0.2, 0) is 6.42 Å². The van der Waals surface area contributed by atoms with Gasteiger partial charge in [0, 0.05) is 12.2 Å². The summed E-state index contributed by atoms with van der Waals surface area (Å²) in [5, 5.41) is 8.22. The van der Waals surface area contributed by atoms with Gasteiger partial charge in [0.1, 0.15) is 21.9 Å². The predicted molar refractivity (Wildman–Crippen MR) is 112 cm³/mol. The van der Waals surface area contributed by atoms with E-state index in [1.807, 2.05) is 24.3 Å². The molecule has 10 heteroatoms. The molecule has 1 N–H and O–H groups in total. The van der Waals surface area contributed by atoms with Gasteiger partial charge in [0.25, 0.3) is 5.91 Å². The molecule has 3 heterocycles. The highest BCUT2D eigenvalue weighted by atomic mass is 35.5. The third kappa shape index (κ3) is 5.34. The Morgan fingerprint density at radius 2 is 1.55 bits per heavy atom. The fraction of sp³-hybridized carbons (Fsp3) is 0.143. The molecule has 0 radical (unpaired) electrons. The highest BCUT2D eigenvalue weighted by molar-refractivity contribution is 6.33. The van der Waals surface area contributed by atoms with E-state index in [9.17, 15) is 18.4 Å². The van der Waals surface area contributed by atoms with Crippen LogP contribution in [-0.4, -0.2) is 33.5 Å². The van der Waals surface area contributed by atoms with Crippen LogP contribution in [0.5, 0.6) is 0 Å². The van der Waals surface area contributed by atoms with Gasteiger partial charge < -0.3 is 10.0 Å². The summed E-state index contributed by atoms with van der Waals surface area (Å²) in [7, 11) is 0. The van der Waals surface area contributed by atoms with Crippen molar-refractivity contribution >= 4 is 40.8 Å². The summed E-state index contributed by atoms with van der Waals surface area (Å²) in [5.41, 5.74) is 1.76. The molecule has 1 amide bonds. The maximum absolute atomic E-state index is 13.3. The molecule has 1 aliphatic heterocycles. The van der Waals surface area contributed by atoms with Crippen molar-refractivity contribution in [1.82, 2.24) is 9.97 Å². The number of rotatable bonds is 2. The first-order valence-corrected chi connectivity index (χ1v) is 9.78. The normalized spacial score (nSPS) is 12.5. The van der Waals surface area contributed by atoms with E-state index in [1.54, 1.807) is 4.90 Å². The van der Waals surface area contributed by atoms with E-state index >= 15 is 0 Å². The molecular weight excluding hydrogens is 451 g/mol. The van der Waals surface area contributed by atoms with Crippen LogP contribution < -0.4 is 4.90 Å². The van der Waals surface area contributed by atoms with Crippen molar-refractivity contribution in [2.75, 3.05) is 11.4 Å². The zero-order valence-electron chi connectivity index (χ0n) is 15.9. The standard InChI is InChI=1S/C15H12ClFN2O.C6H3ClFNO2/c16-14-12(8-11(17)9-18-14)15(20)19-7-3-5-10-4-1-2-6-13(10)19;7-5-4(6(10)11)1-3(8)2-9-5/h1-2,4,6,8-9H,3,5,7H2;1-2H,(H,10,11). The SMILES string of the molecule is O=C(O)c1cc(F)cnc1Cl.O=C(c1cc(F)cnc1Cl)N1CCCc2ccccc21. The van der Waals surface area contributed by atoms with E-state index < -0.39 is 17.6 Å². The number of halogens is 4. The maximum Gasteiger partial charge on any atom is 0.338 e. The van der Waals surface area contributed by atoms with E-state index in [1.165, 1.54) is 0 Å². The molecule has 4 rings (SSSR count). The highest BCUT2D eigenvalue weighted by Gasteiger charge is 2.25. The number of anilines is 1. The molecule has 31 heavy (non-hydrogen) atoms. The van der Waals surface area contributed by atoms with Crippen molar-refractivity contribution in [3.63, 3.8) is 0 Å². The summed E-state index contributed by atoms with van der Waals surface area (Å²) in [5.74, 6) is -2.88. The number of amides is 1. The van der Waals surface area contributed by atoms with Crippen LogP contribution in [0.3, 0.4) is 0 Å². The van der Waals surface area contributed by atoms with Crippen LogP contribution in [0.25, 0.3) is 0 Å². The van der Waals surface area contributed by atoms with Gasteiger partial charge in [-0.05, 0) is 36.6 Å². The number of pyridine rings is 2. The minimum atomic E-state index is -1.29. The summed E-state index contributed by atoms with van der Waals surface area (Å²) >= 11 is 11.2. The Hall–Kier alpha value is -3.10. The molecule has 0 saturated heterocycles. The third-order valence-electron chi connectivity index (χ3n) is 4.43. The van der Waals surface area contributed by atoms with Crippen LogP contribution in [0, 0.1) is 11.6 Å². The summed E-state index contributed by atoms with van der Waals surface area (Å²) in [6.45, 7) is 0.600. The number of carboxylic acids is 1. The van der Waals surface area contributed by atoms with E-state index in [0.717, 1.165) is 48.6 Å². The Morgan fingerprint density at radius 1 is 0.968 bits per heavy atom. The molecule has 2 aromatic heterocycles. The second-order valence-electron chi connectivity index (χ2n) is 6.48. The number of carboxylic acid groups (broad SMARTS) is 1. The van der Waals surface area contributed by atoms with Gasteiger partial charge >= 0.3 is 5.97 Å². The molecule has 0 fully saturated rings. The van der Waals surface area contributed by atoms with E-state index in [0.29, 0.717) is 6.54 Å². The van der Waals surface area contributed by atoms with Crippen molar-refractivity contribution in [3.8, 4) is 0 Å². The first-order chi connectivity index (χ1) is 14.8. The lowest BCUT2D eigenvalue weighted by molar-refractivity contribution is 0.0695. The van der Waals surface area contributed by atoms with Crippen molar-refractivity contribution in [3.05, 3.63) is 87.4 Å². The molecule has 6 nitrogen and oxygen atoms in total. The fourth-order valence-electron chi connectivity index (χ4n) is 3.04. The molecule has 3 aromatic rings. The highest BCUT2D eigenvalue weighted by Crippen LogP contribution is 2.29. The Balaban J connectivity index is 0.000000210. The Bertz CT molecular complexity index is 1140. The number of aromatic carboxylic acids is 1. The summed E-state index contributed by atoms with van der Waals surface area (Å²) in [6.07, 6.45) is 3.68. The number of aromatic nitrogens is 2. The van der Waals surface area contributed by atoms with Crippen molar-refractivity contribution in [2.45, 2.75) is 12.8 Å². The average Bonchev–Trinajstić information content (AvgIpc) is 2.76. The summed E-state index contributed by atoms with van der Waals surface area (Å²) < 4.78 is 25.6. The Morgan fingerprint density at radius 3 is 2.16 bits per heavy atom.